The largest absolute Gasteiger partial charge is 0.383 e. The van der Waals surface area contributed by atoms with Gasteiger partial charge in [-0.05, 0) is 42.7 Å². The number of nitrogens with two attached hydrogens (primary N) is 1. The number of hydrogen-bond acceptors (Lipinski definition) is 6. The fraction of sp³-hybridized carbons (Fsp3) is 0.296. The van der Waals surface area contributed by atoms with Crippen LogP contribution in [0.15, 0.2) is 58.1 Å². The lowest BCUT2D eigenvalue weighted by molar-refractivity contribution is 0.0922. The number of nitrogens with one attached hydrogen (secondary N) is 1. The number of aromatic nitrogens is 2. The Morgan fingerprint density at radius 3 is 2.24 bits per heavy atom. The molecule has 1 aliphatic rings. The minimum atomic E-state index is -0.761. The molecule has 0 fully saturated rings. The van der Waals surface area contributed by atoms with Crippen LogP contribution in [0.4, 0.5) is 17.2 Å². The van der Waals surface area contributed by atoms with Crippen LogP contribution in [0, 0.1) is 5.92 Å². The molecule has 0 radical (unpaired) electrons. The summed E-state index contributed by atoms with van der Waals surface area (Å²) in [4.78, 5) is 69.5. The number of unbranched alkanes of at least 4 members (excludes halogenated alkanes) is 1. The van der Waals surface area contributed by atoms with Crippen molar-refractivity contribution in [1.82, 2.24) is 9.55 Å². The molecule has 3 aromatic rings. The van der Waals surface area contributed by atoms with E-state index in [1.54, 1.807) is 36.4 Å². The van der Waals surface area contributed by atoms with Crippen LogP contribution in [0.5, 0.6) is 0 Å². The van der Waals surface area contributed by atoms with E-state index in [0.717, 1.165) is 11.3 Å². The number of aromatic amines is 1. The molecule has 2 aromatic carbocycles. The summed E-state index contributed by atoms with van der Waals surface area (Å²) in [6.45, 7) is 6.20. The molecule has 0 atom stereocenters. The normalized spacial score (nSPS) is 12.8. The van der Waals surface area contributed by atoms with Gasteiger partial charge in [-0.1, -0.05) is 45.4 Å². The number of H-pyrrole nitrogens is 1. The molecule has 1 aliphatic heterocycles. The smallest absolute Gasteiger partial charge is 0.330 e. The van der Waals surface area contributed by atoms with Gasteiger partial charge >= 0.3 is 5.69 Å². The average Bonchev–Trinajstić information content (AvgIpc) is 3.13. The molecule has 3 amide bonds. The van der Waals surface area contributed by atoms with Gasteiger partial charge in [-0.25, -0.2) is 9.69 Å². The zero-order chi connectivity index (χ0) is 26.9. The van der Waals surface area contributed by atoms with Gasteiger partial charge in [0.2, 0.25) is 0 Å². The topological polar surface area (TPSA) is 139 Å². The Balaban J connectivity index is 1.76. The second-order valence-corrected chi connectivity index (χ2v) is 9.35. The number of anilines is 3. The molecule has 192 valence electrons. The maximum Gasteiger partial charge on any atom is 0.330 e. The third-order valence-electron chi connectivity index (χ3n) is 6.16. The van der Waals surface area contributed by atoms with Gasteiger partial charge in [-0.3, -0.25) is 28.7 Å². The molecule has 0 spiro atoms. The summed E-state index contributed by atoms with van der Waals surface area (Å²) in [5.74, 6) is -1.53. The van der Waals surface area contributed by atoms with Crippen molar-refractivity contribution >= 4 is 34.9 Å². The molecule has 37 heavy (non-hydrogen) atoms. The van der Waals surface area contributed by atoms with Gasteiger partial charge in [-0.15, -0.1) is 0 Å². The lowest BCUT2D eigenvalue weighted by Gasteiger charge is -2.25. The van der Waals surface area contributed by atoms with Gasteiger partial charge in [0.1, 0.15) is 5.82 Å². The minimum Gasteiger partial charge on any atom is -0.383 e. The molecule has 3 N–H and O–H groups in total. The predicted octanol–water partition coefficient (Wildman–Crippen LogP) is 3.02. The number of fused-ring (bicyclic) bond motifs is 1. The predicted molar refractivity (Wildman–Crippen MR) is 141 cm³/mol. The maximum atomic E-state index is 13.8. The van der Waals surface area contributed by atoms with Crippen LogP contribution in [0.25, 0.3) is 0 Å². The van der Waals surface area contributed by atoms with Crippen LogP contribution >= 0.6 is 0 Å². The second kappa shape index (κ2) is 10.3. The Morgan fingerprint density at radius 1 is 1.00 bits per heavy atom. The number of amides is 3. The molecule has 0 saturated heterocycles. The Kier molecular flexibility index (Phi) is 7.10. The van der Waals surface area contributed by atoms with Crippen molar-refractivity contribution in [2.24, 2.45) is 5.92 Å². The number of hydrogen-bond donors (Lipinski definition) is 2. The van der Waals surface area contributed by atoms with Crippen molar-refractivity contribution in [3.05, 3.63) is 86.1 Å². The van der Waals surface area contributed by atoms with E-state index in [4.69, 9.17) is 5.73 Å². The molecule has 10 nitrogen and oxygen atoms in total. The van der Waals surface area contributed by atoms with Crippen LogP contribution in [0.3, 0.4) is 0 Å². The Morgan fingerprint density at radius 2 is 1.65 bits per heavy atom. The zero-order valence-electron chi connectivity index (χ0n) is 21.0. The second-order valence-electron chi connectivity index (χ2n) is 9.35. The van der Waals surface area contributed by atoms with E-state index in [9.17, 15) is 24.0 Å². The van der Waals surface area contributed by atoms with Crippen molar-refractivity contribution in [3.8, 4) is 0 Å². The molecule has 1 aromatic heterocycles. The quantitative estimate of drug-likeness (QED) is 0.453. The summed E-state index contributed by atoms with van der Waals surface area (Å²) >= 11 is 0. The molecule has 0 unspecified atom stereocenters. The van der Waals surface area contributed by atoms with Gasteiger partial charge in [0, 0.05) is 18.7 Å². The molecule has 4 rings (SSSR count). The van der Waals surface area contributed by atoms with E-state index in [1.807, 2.05) is 20.8 Å². The first-order chi connectivity index (χ1) is 17.6. The van der Waals surface area contributed by atoms with Crippen LogP contribution in [-0.4, -0.2) is 33.8 Å². The van der Waals surface area contributed by atoms with E-state index < -0.39 is 29.0 Å². The minimum absolute atomic E-state index is 0.0647. The first-order valence-corrected chi connectivity index (χ1v) is 12.2. The molecular weight excluding hydrogens is 474 g/mol. The standard InChI is InChI=1S/C27H29N5O5/c1-4-5-13-30(21-22(28)31(15-16(2)3)27(37)29-23(21)33)24(34)17-9-8-10-18(14-17)32-25(35)19-11-6-7-12-20(19)26(32)36/h6-12,14,16H,4-5,13,15,28H2,1-3H3,(H,29,33,37). The van der Waals surface area contributed by atoms with Crippen molar-refractivity contribution < 1.29 is 14.4 Å². The highest BCUT2D eigenvalue weighted by Gasteiger charge is 2.36. The van der Waals surface area contributed by atoms with E-state index in [1.165, 1.54) is 21.6 Å². The van der Waals surface area contributed by atoms with Gasteiger partial charge in [0.15, 0.2) is 5.69 Å². The number of rotatable bonds is 8. The van der Waals surface area contributed by atoms with E-state index in [0.29, 0.717) is 17.5 Å². The van der Waals surface area contributed by atoms with E-state index in [2.05, 4.69) is 4.98 Å². The van der Waals surface area contributed by atoms with Crippen molar-refractivity contribution in [2.45, 2.75) is 40.2 Å². The lowest BCUT2D eigenvalue weighted by atomic mass is 10.1. The third-order valence-corrected chi connectivity index (χ3v) is 6.16. The number of carbonyl (C=O) groups excluding carboxylic acids is 3. The SMILES string of the molecule is CCCCN(C(=O)c1cccc(N2C(=O)c3ccccc3C2=O)c1)c1c(N)n(CC(C)C)c(=O)[nH]c1=O. The highest BCUT2D eigenvalue weighted by molar-refractivity contribution is 6.34. The summed E-state index contributed by atoms with van der Waals surface area (Å²) in [5.41, 5.74) is 5.75. The summed E-state index contributed by atoms with van der Waals surface area (Å²) in [6.07, 6.45) is 1.31. The molecular formula is C27H29N5O5. The zero-order valence-corrected chi connectivity index (χ0v) is 21.0. The van der Waals surface area contributed by atoms with Crippen molar-refractivity contribution in [3.63, 3.8) is 0 Å². The molecule has 10 heteroatoms. The highest BCUT2D eigenvalue weighted by Crippen LogP contribution is 2.29. The first-order valence-electron chi connectivity index (χ1n) is 12.2. The highest BCUT2D eigenvalue weighted by atomic mass is 16.2. The maximum absolute atomic E-state index is 13.8. The van der Waals surface area contributed by atoms with Crippen molar-refractivity contribution in [1.29, 1.82) is 0 Å². The van der Waals surface area contributed by atoms with Crippen LogP contribution in [0.1, 0.15) is 64.7 Å². The summed E-state index contributed by atoms with van der Waals surface area (Å²) in [6, 6.07) is 12.6. The lowest BCUT2D eigenvalue weighted by Crippen LogP contribution is -2.42. The molecule has 2 heterocycles. The summed E-state index contributed by atoms with van der Waals surface area (Å²) < 4.78 is 1.25. The molecule has 0 aliphatic carbocycles. The number of benzene rings is 2. The summed E-state index contributed by atoms with van der Waals surface area (Å²) in [5, 5.41) is 0. The van der Waals surface area contributed by atoms with E-state index >= 15 is 0 Å². The molecule has 0 bridgehead atoms. The van der Waals surface area contributed by atoms with Crippen LogP contribution < -0.4 is 26.8 Å². The van der Waals surface area contributed by atoms with Crippen LogP contribution in [0.2, 0.25) is 0 Å². The Labute approximate surface area is 213 Å². The molecule has 0 saturated carbocycles. The third kappa shape index (κ3) is 4.69. The average molecular weight is 504 g/mol. The summed E-state index contributed by atoms with van der Waals surface area (Å²) in [7, 11) is 0. The van der Waals surface area contributed by atoms with Crippen LogP contribution in [-0.2, 0) is 6.54 Å². The first kappa shape index (κ1) is 25.6. The van der Waals surface area contributed by atoms with Gasteiger partial charge in [-0.2, -0.15) is 0 Å². The fourth-order valence-corrected chi connectivity index (χ4v) is 4.37. The fourth-order valence-electron chi connectivity index (χ4n) is 4.37. The Hall–Kier alpha value is -4.47. The monoisotopic (exact) mass is 503 g/mol. The van der Waals surface area contributed by atoms with Gasteiger partial charge in [0.05, 0.1) is 16.8 Å². The van der Waals surface area contributed by atoms with Crippen molar-refractivity contribution in [2.75, 3.05) is 22.1 Å². The number of nitrogens with zero attached hydrogens (tertiary/aromatic N) is 3. The Bertz CT molecular complexity index is 1470. The number of carbonyl (C=O) groups is 3. The van der Waals surface area contributed by atoms with Gasteiger partial charge < -0.3 is 10.6 Å². The van der Waals surface area contributed by atoms with Gasteiger partial charge in [0.25, 0.3) is 23.3 Å². The number of nitrogen functional groups attached to an aromatic ring is 1. The number of imide groups is 1. The van der Waals surface area contributed by atoms with E-state index in [-0.39, 0.29) is 41.8 Å².